The Hall–Kier alpha value is -0.650. The van der Waals surface area contributed by atoms with Crippen molar-refractivity contribution in [2.24, 2.45) is 0 Å². The number of aliphatic carboxylic acids is 1. The van der Waals surface area contributed by atoms with Crippen LogP contribution >= 0.6 is 0 Å². The van der Waals surface area contributed by atoms with Gasteiger partial charge in [0.1, 0.15) is 6.61 Å². The fraction of sp³-hybridized carbons (Fsp3) is 0.800. The Labute approximate surface area is 57.4 Å². The lowest BCUT2D eigenvalue weighted by Gasteiger charge is -1.99. The number of carboxylic acid groups (broad SMARTS) is 1. The lowest BCUT2D eigenvalue weighted by molar-refractivity contribution is -0.146. The molecular weight excluding hydrogens is 140 g/mol. The van der Waals surface area contributed by atoms with Crippen molar-refractivity contribution in [2.75, 3.05) is 13.2 Å². The molecule has 1 rings (SSSR count). The number of hydrogen-bond acceptors (Lipinski definition) is 4. The zero-order chi connectivity index (χ0) is 7.61. The summed E-state index contributed by atoms with van der Waals surface area (Å²) in [6.07, 6.45) is 0. The van der Waals surface area contributed by atoms with E-state index in [1.165, 1.54) is 0 Å². The molecule has 1 N–H and O–H groups in total. The second-order valence-electron chi connectivity index (χ2n) is 1.86. The minimum Gasteiger partial charge on any atom is -0.477 e. The number of carbonyl (C=O) groups is 1. The fourth-order valence-corrected chi connectivity index (χ4v) is 0.468. The Morgan fingerprint density at radius 1 is 1.70 bits per heavy atom. The molecule has 0 amide bonds. The van der Waals surface area contributed by atoms with Gasteiger partial charge >= 0.3 is 11.8 Å². The Bertz CT molecular complexity index is 139. The topological polar surface area (TPSA) is 71.6 Å². The number of hydrogen-bond donors (Lipinski definition) is 1. The first kappa shape index (κ1) is 7.46. The molecule has 10 heavy (non-hydrogen) atoms. The van der Waals surface area contributed by atoms with Crippen LogP contribution in [0, 0.1) is 0 Å². The van der Waals surface area contributed by atoms with Gasteiger partial charge in [-0.15, -0.1) is 0 Å². The van der Waals surface area contributed by atoms with E-state index < -0.39 is 11.8 Å². The van der Waals surface area contributed by atoms with Crippen LogP contribution in [0.4, 0.5) is 0 Å². The normalized spacial score (nSPS) is 20.5. The molecule has 0 aromatic carbocycles. The molecule has 5 heteroatoms. The highest BCUT2D eigenvalue weighted by atomic mass is 17.4. The van der Waals surface area contributed by atoms with Crippen LogP contribution < -0.4 is 0 Å². The van der Waals surface area contributed by atoms with Crippen LogP contribution in [-0.4, -0.2) is 30.1 Å². The number of carboxylic acids is 1. The van der Waals surface area contributed by atoms with Crippen LogP contribution in [0.25, 0.3) is 0 Å². The third-order valence-electron chi connectivity index (χ3n) is 1.11. The van der Waals surface area contributed by atoms with Gasteiger partial charge in [0, 0.05) is 6.61 Å². The molecule has 0 saturated carbocycles. The summed E-state index contributed by atoms with van der Waals surface area (Å²) in [7, 11) is 0. The van der Waals surface area contributed by atoms with Gasteiger partial charge < -0.3 is 9.84 Å². The van der Waals surface area contributed by atoms with Gasteiger partial charge in [0.25, 0.3) is 0 Å². The minimum absolute atomic E-state index is 0.0567. The monoisotopic (exact) mass is 148 g/mol. The van der Waals surface area contributed by atoms with E-state index in [1.807, 2.05) is 0 Å². The maximum atomic E-state index is 10.3. The summed E-state index contributed by atoms with van der Waals surface area (Å²) < 4.78 is 4.79. The van der Waals surface area contributed by atoms with Crippen molar-refractivity contribution >= 4 is 5.97 Å². The first-order valence-corrected chi connectivity index (χ1v) is 2.89. The second kappa shape index (κ2) is 2.53. The molecule has 0 bridgehead atoms. The van der Waals surface area contributed by atoms with Crippen LogP contribution in [-0.2, 0) is 19.3 Å². The second-order valence-corrected chi connectivity index (χ2v) is 1.86. The van der Waals surface area contributed by atoms with Gasteiger partial charge in [-0.25, -0.2) is 4.79 Å². The SMILES string of the molecule is CCOCC1(C(=O)O)OO1. The van der Waals surface area contributed by atoms with E-state index in [9.17, 15) is 4.79 Å². The minimum atomic E-state index is -1.50. The molecule has 0 aromatic rings. The average molecular weight is 148 g/mol. The van der Waals surface area contributed by atoms with Crippen LogP contribution in [0.3, 0.4) is 0 Å². The summed E-state index contributed by atoms with van der Waals surface area (Å²) >= 11 is 0. The molecule has 0 atom stereocenters. The summed E-state index contributed by atoms with van der Waals surface area (Å²) in [5.41, 5.74) is 0. The molecule has 0 aliphatic carbocycles. The molecule has 5 nitrogen and oxygen atoms in total. The first-order chi connectivity index (χ1) is 4.71. The van der Waals surface area contributed by atoms with E-state index in [2.05, 4.69) is 9.78 Å². The van der Waals surface area contributed by atoms with Crippen molar-refractivity contribution in [2.45, 2.75) is 12.7 Å². The van der Waals surface area contributed by atoms with Gasteiger partial charge in [-0.3, -0.25) is 0 Å². The van der Waals surface area contributed by atoms with Gasteiger partial charge in [-0.05, 0) is 6.92 Å². The third kappa shape index (κ3) is 1.26. The smallest absolute Gasteiger partial charge is 0.372 e. The predicted octanol–water partition coefficient (Wildman–Crippen LogP) is -0.234. The van der Waals surface area contributed by atoms with Crippen LogP contribution in [0.1, 0.15) is 6.92 Å². The van der Waals surface area contributed by atoms with E-state index in [4.69, 9.17) is 9.84 Å². The van der Waals surface area contributed by atoms with Crippen LogP contribution in [0.5, 0.6) is 0 Å². The molecule has 1 heterocycles. The molecule has 0 unspecified atom stereocenters. The standard InChI is InChI=1S/C5H8O5/c1-2-8-3-5(4(6)7)9-10-5/h2-3H2,1H3,(H,6,7). The summed E-state index contributed by atoms with van der Waals surface area (Å²) in [5, 5.41) is 8.40. The molecule has 1 aliphatic heterocycles. The largest absolute Gasteiger partial charge is 0.477 e. The van der Waals surface area contributed by atoms with Gasteiger partial charge in [0.05, 0.1) is 0 Å². The third-order valence-corrected chi connectivity index (χ3v) is 1.11. The molecule has 0 radical (unpaired) electrons. The first-order valence-electron chi connectivity index (χ1n) is 2.89. The average Bonchev–Trinajstić information content (AvgIpc) is 2.64. The highest BCUT2D eigenvalue weighted by Crippen LogP contribution is 2.29. The molecule has 1 fully saturated rings. The Kier molecular flexibility index (Phi) is 1.89. The Morgan fingerprint density at radius 3 is 2.60 bits per heavy atom. The number of ether oxygens (including phenoxy) is 1. The van der Waals surface area contributed by atoms with E-state index in [-0.39, 0.29) is 6.61 Å². The maximum Gasteiger partial charge on any atom is 0.372 e. The van der Waals surface area contributed by atoms with Gasteiger partial charge in [-0.1, -0.05) is 0 Å². The van der Waals surface area contributed by atoms with Crippen molar-refractivity contribution in [1.82, 2.24) is 0 Å². The summed E-state index contributed by atoms with van der Waals surface area (Å²) in [4.78, 5) is 18.7. The van der Waals surface area contributed by atoms with Crippen molar-refractivity contribution in [3.05, 3.63) is 0 Å². The predicted molar refractivity (Wildman–Crippen MR) is 29.0 cm³/mol. The van der Waals surface area contributed by atoms with Gasteiger partial charge in [0.15, 0.2) is 0 Å². The number of rotatable bonds is 4. The molecule has 58 valence electrons. The van der Waals surface area contributed by atoms with Crippen molar-refractivity contribution < 1.29 is 24.4 Å². The molecular formula is C5H8O5. The van der Waals surface area contributed by atoms with Gasteiger partial charge in [0.2, 0.25) is 0 Å². The fourth-order valence-electron chi connectivity index (χ4n) is 0.468. The van der Waals surface area contributed by atoms with E-state index in [1.54, 1.807) is 6.92 Å². The molecule has 1 saturated heterocycles. The van der Waals surface area contributed by atoms with Crippen molar-refractivity contribution in [3.63, 3.8) is 0 Å². The lowest BCUT2D eigenvalue weighted by atomic mass is 10.3. The highest BCUT2D eigenvalue weighted by molar-refractivity contribution is 5.77. The Balaban J connectivity index is 2.31. The van der Waals surface area contributed by atoms with E-state index >= 15 is 0 Å². The zero-order valence-electron chi connectivity index (χ0n) is 5.49. The zero-order valence-corrected chi connectivity index (χ0v) is 5.49. The Morgan fingerprint density at radius 2 is 2.30 bits per heavy atom. The summed E-state index contributed by atoms with van der Waals surface area (Å²) in [6.45, 7) is 2.15. The van der Waals surface area contributed by atoms with E-state index in [0.29, 0.717) is 6.61 Å². The molecule has 0 spiro atoms. The van der Waals surface area contributed by atoms with Gasteiger partial charge in [-0.2, -0.15) is 9.78 Å². The van der Waals surface area contributed by atoms with E-state index in [0.717, 1.165) is 0 Å². The van der Waals surface area contributed by atoms with Crippen LogP contribution in [0.2, 0.25) is 0 Å². The molecule has 0 aromatic heterocycles. The highest BCUT2D eigenvalue weighted by Gasteiger charge is 2.57. The van der Waals surface area contributed by atoms with Crippen molar-refractivity contribution in [1.29, 1.82) is 0 Å². The maximum absolute atomic E-state index is 10.3. The lowest BCUT2D eigenvalue weighted by Crippen LogP contribution is -2.29. The summed E-state index contributed by atoms with van der Waals surface area (Å²) in [6, 6.07) is 0. The quantitative estimate of drug-likeness (QED) is 0.440. The van der Waals surface area contributed by atoms with Crippen LogP contribution in [0.15, 0.2) is 0 Å². The van der Waals surface area contributed by atoms with Crippen molar-refractivity contribution in [3.8, 4) is 0 Å². The molecule has 1 aliphatic rings. The summed E-state index contributed by atoms with van der Waals surface area (Å²) in [5.74, 6) is -2.66.